The number of nitrogens with zero attached hydrogens (tertiary/aromatic N) is 3. The summed E-state index contributed by atoms with van der Waals surface area (Å²) in [5, 5.41) is 3.33. The molecular weight excluding hydrogens is 339 g/mol. The smallest absolute Gasteiger partial charge is 0.222 e. The highest BCUT2D eigenvalue weighted by atomic mass is 32.1. The zero-order valence-corrected chi connectivity index (χ0v) is 16.0. The molecule has 2 aliphatic rings. The van der Waals surface area contributed by atoms with Gasteiger partial charge in [-0.25, -0.2) is 9.37 Å². The standard InChI is InChI=1S/C18H29FN4OS/c1-13-17(25-12-21-13)11-23-9-15(19)8-16(23)10-22(2)18(24)7-14-3-5-20-6-4-14/h12,14-16,20H,3-11H2,1-2H3/t15-,16-/m0/s1. The van der Waals surface area contributed by atoms with Gasteiger partial charge in [0, 0.05) is 44.0 Å². The van der Waals surface area contributed by atoms with Crippen molar-refractivity contribution in [1.29, 1.82) is 0 Å². The molecule has 3 heterocycles. The fourth-order valence-electron chi connectivity index (χ4n) is 3.88. The van der Waals surface area contributed by atoms with Gasteiger partial charge in [-0.15, -0.1) is 11.3 Å². The van der Waals surface area contributed by atoms with Crippen LogP contribution in [0.4, 0.5) is 4.39 Å². The highest BCUT2D eigenvalue weighted by Gasteiger charge is 2.34. The lowest BCUT2D eigenvalue weighted by atomic mass is 9.94. The molecule has 1 aromatic rings. The van der Waals surface area contributed by atoms with Crippen molar-refractivity contribution in [2.24, 2.45) is 5.92 Å². The summed E-state index contributed by atoms with van der Waals surface area (Å²) in [7, 11) is 1.87. The summed E-state index contributed by atoms with van der Waals surface area (Å²) in [4.78, 5) is 22.0. The average Bonchev–Trinajstić information content (AvgIpc) is 3.14. The monoisotopic (exact) mass is 368 g/mol. The minimum atomic E-state index is -0.800. The zero-order valence-electron chi connectivity index (χ0n) is 15.2. The quantitative estimate of drug-likeness (QED) is 0.836. The van der Waals surface area contributed by atoms with E-state index in [0.29, 0.717) is 31.8 Å². The maximum Gasteiger partial charge on any atom is 0.222 e. The van der Waals surface area contributed by atoms with Crippen LogP contribution in [-0.4, -0.2) is 66.1 Å². The van der Waals surface area contributed by atoms with Crippen LogP contribution >= 0.6 is 11.3 Å². The minimum absolute atomic E-state index is 0.0958. The van der Waals surface area contributed by atoms with E-state index in [1.807, 2.05) is 24.4 Å². The van der Waals surface area contributed by atoms with Crippen molar-refractivity contribution in [2.75, 3.05) is 33.2 Å². The third-order valence-electron chi connectivity index (χ3n) is 5.50. The highest BCUT2D eigenvalue weighted by Crippen LogP contribution is 2.26. The molecule has 2 saturated heterocycles. The van der Waals surface area contributed by atoms with E-state index < -0.39 is 6.17 Å². The van der Waals surface area contributed by atoms with Gasteiger partial charge in [-0.2, -0.15) is 0 Å². The first-order valence-electron chi connectivity index (χ1n) is 9.24. The molecule has 0 bridgehead atoms. The largest absolute Gasteiger partial charge is 0.344 e. The molecule has 0 unspecified atom stereocenters. The van der Waals surface area contributed by atoms with Gasteiger partial charge in [-0.1, -0.05) is 0 Å². The summed E-state index contributed by atoms with van der Waals surface area (Å²) < 4.78 is 14.0. The van der Waals surface area contributed by atoms with Gasteiger partial charge in [-0.3, -0.25) is 9.69 Å². The lowest BCUT2D eigenvalue weighted by molar-refractivity contribution is -0.131. The van der Waals surface area contributed by atoms with Gasteiger partial charge >= 0.3 is 0 Å². The molecule has 7 heteroatoms. The van der Waals surface area contributed by atoms with Crippen LogP contribution in [-0.2, 0) is 11.3 Å². The van der Waals surface area contributed by atoms with Crippen LogP contribution in [0.2, 0.25) is 0 Å². The number of hydrogen-bond donors (Lipinski definition) is 1. The predicted molar refractivity (Wildman–Crippen MR) is 98.4 cm³/mol. The molecule has 5 nitrogen and oxygen atoms in total. The molecule has 0 saturated carbocycles. The SMILES string of the molecule is Cc1ncsc1CN1C[C@@H](F)C[C@H]1CN(C)C(=O)CC1CCNCC1. The van der Waals surface area contributed by atoms with Crippen molar-refractivity contribution in [3.05, 3.63) is 16.1 Å². The summed E-state index contributed by atoms with van der Waals surface area (Å²) >= 11 is 1.63. The molecule has 140 valence electrons. The first-order valence-corrected chi connectivity index (χ1v) is 10.1. The molecule has 1 amide bonds. The fraction of sp³-hybridized carbons (Fsp3) is 0.778. The number of likely N-dealkylation sites (N-methyl/N-ethyl adjacent to an activating group) is 1. The van der Waals surface area contributed by atoms with Crippen LogP contribution in [0.15, 0.2) is 5.51 Å². The summed E-state index contributed by atoms with van der Waals surface area (Å²) in [6, 6.07) is 0.0958. The van der Waals surface area contributed by atoms with Gasteiger partial charge in [0.1, 0.15) is 6.17 Å². The Morgan fingerprint density at radius 2 is 2.24 bits per heavy atom. The Morgan fingerprint density at radius 1 is 1.48 bits per heavy atom. The number of rotatable bonds is 6. The molecule has 0 radical (unpaired) electrons. The second-order valence-electron chi connectivity index (χ2n) is 7.45. The Balaban J connectivity index is 1.53. The van der Waals surface area contributed by atoms with E-state index in [-0.39, 0.29) is 11.9 Å². The molecule has 1 aromatic heterocycles. The number of halogens is 1. The maximum atomic E-state index is 14.0. The third kappa shape index (κ3) is 4.99. The average molecular weight is 369 g/mol. The Kier molecular flexibility index (Phi) is 6.41. The van der Waals surface area contributed by atoms with E-state index in [9.17, 15) is 9.18 Å². The van der Waals surface area contributed by atoms with E-state index in [1.165, 1.54) is 4.88 Å². The van der Waals surface area contributed by atoms with Gasteiger partial charge in [0.05, 0.1) is 11.2 Å². The zero-order chi connectivity index (χ0) is 17.8. The highest BCUT2D eigenvalue weighted by molar-refractivity contribution is 7.09. The second-order valence-corrected chi connectivity index (χ2v) is 8.39. The molecule has 2 fully saturated rings. The van der Waals surface area contributed by atoms with Crippen LogP contribution in [0.5, 0.6) is 0 Å². The summed E-state index contributed by atoms with van der Waals surface area (Å²) in [5.41, 5.74) is 2.87. The second kappa shape index (κ2) is 8.56. The van der Waals surface area contributed by atoms with Crippen LogP contribution in [0.3, 0.4) is 0 Å². The van der Waals surface area contributed by atoms with Gasteiger partial charge < -0.3 is 10.2 Å². The number of amides is 1. The fourth-order valence-corrected chi connectivity index (χ4v) is 4.68. The molecule has 25 heavy (non-hydrogen) atoms. The maximum absolute atomic E-state index is 14.0. The molecular formula is C18H29FN4OS. The first kappa shape index (κ1) is 18.7. The van der Waals surface area contributed by atoms with Gasteiger partial charge in [0.15, 0.2) is 0 Å². The molecule has 0 aliphatic carbocycles. The van der Waals surface area contributed by atoms with E-state index in [0.717, 1.165) is 38.2 Å². The summed E-state index contributed by atoms with van der Waals surface area (Å²) in [6.45, 7) is 5.82. The Morgan fingerprint density at radius 3 is 2.92 bits per heavy atom. The summed E-state index contributed by atoms with van der Waals surface area (Å²) in [6.07, 6.45) is 2.49. The van der Waals surface area contributed by atoms with E-state index in [4.69, 9.17) is 0 Å². The van der Waals surface area contributed by atoms with Crippen LogP contribution in [0.25, 0.3) is 0 Å². The van der Waals surface area contributed by atoms with Gasteiger partial charge in [-0.05, 0) is 45.2 Å². The van der Waals surface area contributed by atoms with E-state index in [1.54, 1.807) is 11.3 Å². The number of aryl methyl sites for hydroxylation is 1. The molecule has 0 aromatic carbocycles. The van der Waals surface area contributed by atoms with E-state index >= 15 is 0 Å². The topological polar surface area (TPSA) is 48.5 Å². The number of alkyl halides is 1. The normalized spacial score (nSPS) is 25.4. The van der Waals surface area contributed by atoms with Crippen molar-refractivity contribution in [2.45, 2.75) is 51.4 Å². The van der Waals surface area contributed by atoms with Crippen molar-refractivity contribution < 1.29 is 9.18 Å². The molecule has 2 atom stereocenters. The predicted octanol–water partition coefficient (Wildman–Crippen LogP) is 2.21. The Hall–Kier alpha value is -1.05. The number of likely N-dealkylation sites (tertiary alicyclic amines) is 1. The van der Waals surface area contributed by atoms with Crippen LogP contribution in [0, 0.1) is 12.8 Å². The van der Waals surface area contributed by atoms with Crippen molar-refractivity contribution in [3.63, 3.8) is 0 Å². The van der Waals surface area contributed by atoms with Gasteiger partial charge in [0.25, 0.3) is 0 Å². The summed E-state index contributed by atoms with van der Waals surface area (Å²) in [5.74, 6) is 0.688. The molecule has 1 N–H and O–H groups in total. The number of thiazole rings is 1. The number of carbonyl (C=O) groups excluding carboxylic acids is 1. The number of carbonyl (C=O) groups is 1. The van der Waals surface area contributed by atoms with Gasteiger partial charge in [0.2, 0.25) is 5.91 Å². The molecule has 0 spiro atoms. The van der Waals surface area contributed by atoms with Crippen LogP contribution < -0.4 is 5.32 Å². The molecule has 2 aliphatic heterocycles. The number of piperidine rings is 1. The Bertz CT molecular complexity index is 575. The lowest BCUT2D eigenvalue weighted by Crippen LogP contribution is -2.41. The lowest BCUT2D eigenvalue weighted by Gasteiger charge is -2.30. The van der Waals surface area contributed by atoms with E-state index in [2.05, 4.69) is 15.2 Å². The van der Waals surface area contributed by atoms with Crippen molar-refractivity contribution in [3.8, 4) is 0 Å². The number of aromatic nitrogens is 1. The molecule has 3 rings (SSSR count). The number of hydrogen-bond acceptors (Lipinski definition) is 5. The minimum Gasteiger partial charge on any atom is -0.344 e. The van der Waals surface area contributed by atoms with Crippen LogP contribution in [0.1, 0.15) is 36.3 Å². The van der Waals surface area contributed by atoms with Crippen molar-refractivity contribution >= 4 is 17.2 Å². The first-order chi connectivity index (χ1) is 12.0. The third-order valence-corrected chi connectivity index (χ3v) is 6.42. The Labute approximate surface area is 153 Å². The number of nitrogens with one attached hydrogen (secondary N) is 1. The van der Waals surface area contributed by atoms with Crippen molar-refractivity contribution in [1.82, 2.24) is 20.1 Å².